The summed E-state index contributed by atoms with van der Waals surface area (Å²) >= 11 is 0. The molecule has 2 aliphatic heterocycles. The molecular weight excluding hydrogens is 461 g/mol. The number of carboxylic acid groups (broad SMARTS) is 2. The van der Waals surface area contributed by atoms with Crippen molar-refractivity contribution in [1.82, 2.24) is 14.9 Å². The third kappa shape index (κ3) is 8.95. The second-order valence-corrected chi connectivity index (χ2v) is 8.10. The Morgan fingerprint density at radius 3 is 2.49 bits per heavy atom. The number of benzene rings is 1. The molecule has 1 unspecified atom stereocenters. The van der Waals surface area contributed by atoms with Crippen molar-refractivity contribution in [2.45, 2.75) is 31.8 Å². The minimum Gasteiger partial charge on any atom is -0.478 e. The van der Waals surface area contributed by atoms with Crippen molar-refractivity contribution < 1.29 is 38.7 Å². The summed E-state index contributed by atoms with van der Waals surface area (Å²) in [5.41, 5.74) is 0.897. The minimum absolute atomic E-state index is 0.0000118. The summed E-state index contributed by atoms with van der Waals surface area (Å²) < 4.78 is 19.0. The van der Waals surface area contributed by atoms with Crippen LogP contribution in [0.4, 0.5) is 4.39 Å². The van der Waals surface area contributed by atoms with Crippen molar-refractivity contribution in [3.8, 4) is 11.8 Å². The molecule has 0 bridgehead atoms. The second kappa shape index (κ2) is 13.4. The smallest absolute Gasteiger partial charge is 0.328 e. The predicted molar refractivity (Wildman–Crippen MR) is 121 cm³/mol. The molecule has 4 rings (SSSR count). The van der Waals surface area contributed by atoms with Crippen LogP contribution in [0.2, 0.25) is 0 Å². The van der Waals surface area contributed by atoms with Gasteiger partial charge in [0, 0.05) is 43.1 Å². The maximum absolute atomic E-state index is 13.5. The zero-order valence-corrected chi connectivity index (χ0v) is 19.1. The number of nitrogens with zero attached hydrogens (tertiary/aromatic N) is 3. The molecular formula is C24H28FN3O7. The molecule has 1 saturated heterocycles. The van der Waals surface area contributed by atoms with Gasteiger partial charge in [0.1, 0.15) is 11.9 Å². The first-order chi connectivity index (χ1) is 16.9. The van der Waals surface area contributed by atoms with Gasteiger partial charge in [0.05, 0.1) is 6.61 Å². The molecule has 2 N–H and O–H groups in total. The topological polar surface area (TPSA) is 131 Å². The molecule has 0 radical (unpaired) electrons. The Kier molecular flexibility index (Phi) is 9.93. The number of piperidine rings is 1. The number of rotatable bonds is 8. The lowest BCUT2D eigenvalue weighted by Crippen LogP contribution is -2.41. The standard InChI is InChI=1S/C20H24FN3O3.C4H4O4/c21-17-3-4-18-16(13-17)14-19(27-26-18)15-5-10-24(11-6-15)9-2-12-25-20-22-7-1-8-23-20;5-3(6)1-2-4(7)8/h1,3-4,7-8,13,15,19H,2,5-6,9-12,14H2;1-2H,(H,5,6)(H,7,8)/b;2-1+. The second-order valence-electron chi connectivity index (χ2n) is 8.10. The number of hydrogen-bond acceptors (Lipinski definition) is 8. The average molecular weight is 490 g/mol. The minimum atomic E-state index is -1.26. The van der Waals surface area contributed by atoms with Crippen LogP contribution in [-0.4, -0.2) is 69.4 Å². The Bertz CT molecular complexity index is 982. The van der Waals surface area contributed by atoms with Gasteiger partial charge in [0.15, 0.2) is 5.75 Å². The Morgan fingerprint density at radius 1 is 1.14 bits per heavy atom. The normalized spacial score (nSPS) is 18.1. The van der Waals surface area contributed by atoms with Crippen molar-refractivity contribution in [3.05, 3.63) is 60.2 Å². The summed E-state index contributed by atoms with van der Waals surface area (Å²) in [5, 5.41) is 15.6. The van der Waals surface area contributed by atoms with E-state index in [1.165, 1.54) is 6.07 Å². The van der Waals surface area contributed by atoms with Crippen LogP contribution in [0.3, 0.4) is 0 Å². The number of likely N-dealkylation sites (tertiary alicyclic amines) is 1. The van der Waals surface area contributed by atoms with Crippen molar-refractivity contribution in [1.29, 1.82) is 0 Å². The SMILES string of the molecule is Fc1ccc2c(c1)CC(C1CCN(CCCOc3ncccn3)CC1)OO2.O=C(O)/C=C/C(=O)O. The van der Waals surface area contributed by atoms with Crippen LogP contribution in [0.15, 0.2) is 48.8 Å². The number of aromatic nitrogens is 2. The Labute approximate surface area is 201 Å². The summed E-state index contributed by atoms with van der Waals surface area (Å²) in [5.74, 6) is -1.67. The van der Waals surface area contributed by atoms with Crippen LogP contribution in [0, 0.1) is 11.7 Å². The van der Waals surface area contributed by atoms with E-state index >= 15 is 0 Å². The highest BCUT2D eigenvalue weighted by atomic mass is 19.1. The third-order valence-corrected chi connectivity index (χ3v) is 5.62. The van der Waals surface area contributed by atoms with Crippen LogP contribution in [0.5, 0.6) is 11.8 Å². The summed E-state index contributed by atoms with van der Waals surface area (Å²) in [6.45, 7) is 3.67. The van der Waals surface area contributed by atoms with Crippen molar-refractivity contribution in [3.63, 3.8) is 0 Å². The van der Waals surface area contributed by atoms with Gasteiger partial charge >= 0.3 is 17.9 Å². The van der Waals surface area contributed by atoms with Gasteiger partial charge < -0.3 is 24.7 Å². The van der Waals surface area contributed by atoms with Crippen LogP contribution in [0.25, 0.3) is 0 Å². The predicted octanol–water partition coefficient (Wildman–Crippen LogP) is 2.74. The fraction of sp³-hybridized carbons (Fsp3) is 0.417. The molecule has 0 amide bonds. The number of aliphatic carboxylic acids is 2. The van der Waals surface area contributed by atoms with Crippen LogP contribution in [0.1, 0.15) is 24.8 Å². The van der Waals surface area contributed by atoms with E-state index < -0.39 is 11.9 Å². The molecule has 2 aliphatic rings. The van der Waals surface area contributed by atoms with Gasteiger partial charge in [0.25, 0.3) is 0 Å². The molecule has 1 fully saturated rings. The van der Waals surface area contributed by atoms with Crippen LogP contribution >= 0.6 is 0 Å². The van der Waals surface area contributed by atoms with E-state index in [-0.39, 0.29) is 11.9 Å². The first-order valence-electron chi connectivity index (χ1n) is 11.3. The average Bonchev–Trinajstić information content (AvgIpc) is 2.86. The molecule has 188 valence electrons. The maximum Gasteiger partial charge on any atom is 0.328 e. The van der Waals surface area contributed by atoms with Crippen molar-refractivity contribution in [2.24, 2.45) is 5.92 Å². The third-order valence-electron chi connectivity index (χ3n) is 5.62. The van der Waals surface area contributed by atoms with Gasteiger partial charge in [-0.05, 0) is 62.5 Å². The maximum atomic E-state index is 13.5. The lowest BCUT2D eigenvalue weighted by molar-refractivity contribution is -0.270. The molecule has 0 saturated carbocycles. The highest BCUT2D eigenvalue weighted by molar-refractivity contribution is 5.89. The largest absolute Gasteiger partial charge is 0.478 e. The molecule has 10 nitrogen and oxygen atoms in total. The van der Waals surface area contributed by atoms with E-state index in [0.29, 0.717) is 42.9 Å². The monoisotopic (exact) mass is 489 g/mol. The first-order valence-corrected chi connectivity index (χ1v) is 11.3. The number of ether oxygens (including phenoxy) is 1. The van der Waals surface area contributed by atoms with Gasteiger partial charge in [-0.1, -0.05) is 0 Å². The number of hydrogen-bond donors (Lipinski definition) is 2. The number of halogens is 1. The van der Waals surface area contributed by atoms with Gasteiger partial charge in [-0.25, -0.2) is 23.9 Å². The zero-order chi connectivity index (χ0) is 25.0. The van der Waals surface area contributed by atoms with E-state index in [0.717, 1.165) is 44.5 Å². The highest BCUT2D eigenvalue weighted by Crippen LogP contribution is 2.33. The van der Waals surface area contributed by atoms with E-state index in [4.69, 9.17) is 24.7 Å². The molecule has 1 atom stereocenters. The molecule has 3 heterocycles. The quantitative estimate of drug-likeness (QED) is 0.324. The molecule has 1 aromatic heterocycles. The summed E-state index contributed by atoms with van der Waals surface area (Å²) in [7, 11) is 0. The van der Waals surface area contributed by atoms with E-state index in [2.05, 4.69) is 14.9 Å². The zero-order valence-electron chi connectivity index (χ0n) is 19.1. The molecule has 1 aromatic carbocycles. The van der Waals surface area contributed by atoms with Gasteiger partial charge in [-0.15, -0.1) is 0 Å². The van der Waals surface area contributed by atoms with Gasteiger partial charge in [0.2, 0.25) is 0 Å². The number of carboxylic acids is 2. The van der Waals surface area contributed by atoms with Crippen LogP contribution in [-0.2, 0) is 20.9 Å². The van der Waals surface area contributed by atoms with Gasteiger partial charge in [-0.3, -0.25) is 0 Å². The van der Waals surface area contributed by atoms with Gasteiger partial charge in [-0.2, -0.15) is 4.89 Å². The molecule has 11 heteroatoms. The fourth-order valence-corrected chi connectivity index (χ4v) is 3.90. The summed E-state index contributed by atoms with van der Waals surface area (Å²) in [6.07, 6.45) is 8.24. The molecule has 35 heavy (non-hydrogen) atoms. The lowest BCUT2D eigenvalue weighted by Gasteiger charge is -2.36. The fourth-order valence-electron chi connectivity index (χ4n) is 3.90. The van der Waals surface area contributed by atoms with Crippen molar-refractivity contribution >= 4 is 11.9 Å². The Morgan fingerprint density at radius 2 is 1.83 bits per heavy atom. The lowest BCUT2D eigenvalue weighted by atomic mass is 9.87. The highest BCUT2D eigenvalue weighted by Gasteiger charge is 2.32. The molecule has 0 aliphatic carbocycles. The molecule has 2 aromatic rings. The summed E-state index contributed by atoms with van der Waals surface area (Å²) in [4.78, 5) is 40.6. The molecule has 0 spiro atoms. The van der Waals surface area contributed by atoms with Crippen LogP contribution < -0.4 is 9.62 Å². The van der Waals surface area contributed by atoms with E-state index in [9.17, 15) is 14.0 Å². The first kappa shape index (κ1) is 26.0. The van der Waals surface area contributed by atoms with E-state index in [1.54, 1.807) is 30.6 Å². The van der Waals surface area contributed by atoms with E-state index in [1.807, 2.05) is 0 Å². The Balaban J connectivity index is 0.000000371. The number of carbonyl (C=O) groups is 2. The number of fused-ring (bicyclic) bond motifs is 1. The summed E-state index contributed by atoms with van der Waals surface area (Å²) in [6, 6.07) is 6.78. The Hall–Kier alpha value is -3.57. The van der Waals surface area contributed by atoms with Crippen molar-refractivity contribution in [2.75, 3.05) is 26.2 Å².